The van der Waals surface area contributed by atoms with Crippen molar-refractivity contribution in [1.82, 2.24) is 9.88 Å². The predicted octanol–water partition coefficient (Wildman–Crippen LogP) is 3.12. The third-order valence-corrected chi connectivity index (χ3v) is 5.95. The van der Waals surface area contributed by atoms with Gasteiger partial charge in [-0.15, -0.1) is 0 Å². The normalized spacial score (nSPS) is 36.8. The average Bonchev–Trinajstić information content (AvgIpc) is 2.45. The van der Waals surface area contributed by atoms with Crippen molar-refractivity contribution in [1.29, 1.82) is 0 Å². The van der Waals surface area contributed by atoms with E-state index in [1.165, 1.54) is 44.4 Å². The monoisotopic (exact) mass is 288 g/mol. The summed E-state index contributed by atoms with van der Waals surface area (Å²) < 4.78 is 13.8. The van der Waals surface area contributed by atoms with Crippen LogP contribution in [0.2, 0.25) is 0 Å². The number of hydrogen-bond donors (Lipinski definition) is 0. The van der Waals surface area contributed by atoms with Crippen LogP contribution in [0.5, 0.6) is 0 Å². The fourth-order valence-electron chi connectivity index (χ4n) is 5.40. The van der Waals surface area contributed by atoms with E-state index in [1.807, 2.05) is 11.9 Å². The fraction of sp³-hybridized carbons (Fsp3) is 0.647. The van der Waals surface area contributed by atoms with Gasteiger partial charge in [0.2, 0.25) is 0 Å². The Morgan fingerprint density at radius 3 is 2.38 bits per heavy atom. The van der Waals surface area contributed by atoms with E-state index < -0.39 is 5.82 Å². The van der Waals surface area contributed by atoms with Gasteiger partial charge in [-0.25, -0.2) is 4.39 Å². The molecule has 4 bridgehead atoms. The van der Waals surface area contributed by atoms with Gasteiger partial charge in [-0.3, -0.25) is 9.78 Å². The first-order valence-corrected chi connectivity index (χ1v) is 8.00. The first-order valence-electron chi connectivity index (χ1n) is 8.00. The Morgan fingerprint density at radius 1 is 1.19 bits per heavy atom. The molecule has 3 nitrogen and oxygen atoms in total. The van der Waals surface area contributed by atoms with E-state index in [9.17, 15) is 9.18 Å². The van der Waals surface area contributed by atoms with Crippen molar-refractivity contribution in [2.24, 2.45) is 23.7 Å². The quantitative estimate of drug-likeness (QED) is 0.837. The van der Waals surface area contributed by atoms with Crippen LogP contribution >= 0.6 is 0 Å². The lowest BCUT2D eigenvalue weighted by atomic mass is 9.54. The lowest BCUT2D eigenvalue weighted by Gasteiger charge is -2.56. The number of carbonyl (C=O) groups excluding carboxylic acids is 1. The van der Waals surface area contributed by atoms with Gasteiger partial charge in [0.25, 0.3) is 5.91 Å². The van der Waals surface area contributed by atoms with Crippen LogP contribution in [0, 0.1) is 29.5 Å². The smallest absolute Gasteiger partial charge is 0.256 e. The Balaban J connectivity index is 1.59. The molecule has 1 amide bonds. The molecule has 0 spiro atoms. The molecule has 4 aliphatic rings. The summed E-state index contributed by atoms with van der Waals surface area (Å²) in [6.07, 6.45) is 9.04. The molecule has 0 N–H and O–H groups in total. The highest BCUT2D eigenvalue weighted by atomic mass is 19.1. The van der Waals surface area contributed by atoms with Crippen LogP contribution in [-0.2, 0) is 0 Å². The SMILES string of the molecule is CN(C(=O)c1ccncc1F)C1C2CC3CC(C2)CC1C3. The highest BCUT2D eigenvalue weighted by molar-refractivity contribution is 5.94. The maximum absolute atomic E-state index is 13.8. The number of hydrogen-bond acceptors (Lipinski definition) is 2. The third-order valence-electron chi connectivity index (χ3n) is 5.95. The summed E-state index contributed by atoms with van der Waals surface area (Å²) in [6.45, 7) is 0. The van der Waals surface area contributed by atoms with Crippen LogP contribution < -0.4 is 0 Å². The molecule has 0 unspecified atom stereocenters. The zero-order chi connectivity index (χ0) is 14.6. The lowest BCUT2D eigenvalue weighted by Crippen LogP contribution is -2.56. The number of pyridine rings is 1. The van der Waals surface area contributed by atoms with Crippen molar-refractivity contribution in [3.8, 4) is 0 Å². The molecule has 0 radical (unpaired) electrons. The summed E-state index contributed by atoms with van der Waals surface area (Å²) in [6, 6.07) is 1.79. The van der Waals surface area contributed by atoms with Gasteiger partial charge in [0.1, 0.15) is 0 Å². The molecule has 21 heavy (non-hydrogen) atoms. The van der Waals surface area contributed by atoms with Crippen molar-refractivity contribution >= 4 is 5.91 Å². The van der Waals surface area contributed by atoms with Crippen molar-refractivity contribution in [2.75, 3.05) is 7.05 Å². The highest BCUT2D eigenvalue weighted by Gasteiger charge is 2.50. The molecule has 4 aliphatic carbocycles. The molecule has 1 aromatic rings. The van der Waals surface area contributed by atoms with Gasteiger partial charge in [-0.2, -0.15) is 0 Å². The first-order chi connectivity index (χ1) is 10.1. The van der Waals surface area contributed by atoms with Gasteiger partial charge in [0, 0.05) is 19.3 Å². The van der Waals surface area contributed by atoms with Crippen LogP contribution in [0.3, 0.4) is 0 Å². The van der Waals surface area contributed by atoms with Crippen molar-refractivity contribution in [3.63, 3.8) is 0 Å². The number of amides is 1. The van der Waals surface area contributed by atoms with E-state index in [4.69, 9.17) is 0 Å². The maximum Gasteiger partial charge on any atom is 0.256 e. The van der Waals surface area contributed by atoms with Crippen LogP contribution in [0.1, 0.15) is 42.5 Å². The van der Waals surface area contributed by atoms with Crippen molar-refractivity contribution in [2.45, 2.75) is 38.1 Å². The van der Waals surface area contributed by atoms with Gasteiger partial charge in [-0.05, 0) is 61.8 Å². The fourth-order valence-corrected chi connectivity index (χ4v) is 5.40. The van der Waals surface area contributed by atoms with Crippen molar-refractivity contribution < 1.29 is 9.18 Å². The van der Waals surface area contributed by atoms with E-state index in [0.29, 0.717) is 17.9 Å². The van der Waals surface area contributed by atoms with Crippen LogP contribution in [0.4, 0.5) is 4.39 Å². The number of halogens is 1. The minimum atomic E-state index is -0.516. The summed E-state index contributed by atoms with van der Waals surface area (Å²) in [5, 5.41) is 0. The second-order valence-electron chi connectivity index (χ2n) is 7.19. The Bertz CT molecular complexity index is 546. The topological polar surface area (TPSA) is 33.2 Å². The average molecular weight is 288 g/mol. The molecule has 1 heterocycles. The summed E-state index contributed by atoms with van der Waals surface area (Å²) in [5.41, 5.74) is 0.154. The van der Waals surface area contributed by atoms with Gasteiger partial charge in [0.15, 0.2) is 5.82 Å². The summed E-state index contributed by atoms with van der Waals surface area (Å²) >= 11 is 0. The Labute approximate surface area is 124 Å². The molecular formula is C17H21FN2O. The molecule has 4 heteroatoms. The molecule has 0 aromatic carbocycles. The summed E-state index contributed by atoms with van der Waals surface area (Å²) in [5.74, 6) is 2.31. The largest absolute Gasteiger partial charge is 0.338 e. The van der Waals surface area contributed by atoms with Gasteiger partial charge in [-0.1, -0.05) is 0 Å². The van der Waals surface area contributed by atoms with E-state index in [0.717, 1.165) is 18.0 Å². The molecule has 1 aromatic heterocycles. The second kappa shape index (κ2) is 4.79. The van der Waals surface area contributed by atoms with Gasteiger partial charge >= 0.3 is 0 Å². The van der Waals surface area contributed by atoms with Crippen LogP contribution in [-0.4, -0.2) is 28.9 Å². The Kier molecular flexibility index (Phi) is 3.02. The molecule has 4 fully saturated rings. The molecule has 0 atom stereocenters. The van der Waals surface area contributed by atoms with Gasteiger partial charge in [0.05, 0.1) is 11.8 Å². The number of aromatic nitrogens is 1. The number of nitrogens with zero attached hydrogens (tertiary/aromatic N) is 2. The van der Waals surface area contributed by atoms with E-state index >= 15 is 0 Å². The van der Waals surface area contributed by atoms with E-state index in [1.54, 1.807) is 0 Å². The molecule has 0 aliphatic heterocycles. The molecule has 4 saturated carbocycles. The minimum Gasteiger partial charge on any atom is -0.338 e. The van der Waals surface area contributed by atoms with E-state index in [-0.39, 0.29) is 11.5 Å². The molecule has 5 rings (SSSR count). The highest BCUT2D eigenvalue weighted by Crippen LogP contribution is 2.55. The standard InChI is InChI=1S/C17H21FN2O/c1-20(17(21)14-2-3-19-9-15(14)18)16-12-5-10-4-11(7-12)8-13(16)6-10/h2-3,9-13,16H,4-8H2,1H3. The number of rotatable bonds is 2. The Hall–Kier alpha value is -1.45. The molecule has 0 saturated heterocycles. The maximum atomic E-state index is 13.8. The molecular weight excluding hydrogens is 267 g/mol. The minimum absolute atomic E-state index is 0.154. The number of carbonyl (C=O) groups is 1. The van der Waals surface area contributed by atoms with E-state index in [2.05, 4.69) is 4.98 Å². The zero-order valence-corrected chi connectivity index (χ0v) is 12.3. The van der Waals surface area contributed by atoms with Crippen LogP contribution in [0.15, 0.2) is 18.5 Å². The Morgan fingerprint density at radius 2 is 1.81 bits per heavy atom. The summed E-state index contributed by atoms with van der Waals surface area (Å²) in [7, 11) is 1.86. The summed E-state index contributed by atoms with van der Waals surface area (Å²) in [4.78, 5) is 18.2. The lowest BCUT2D eigenvalue weighted by molar-refractivity contribution is -0.0492. The van der Waals surface area contributed by atoms with Crippen molar-refractivity contribution in [3.05, 3.63) is 29.8 Å². The predicted molar refractivity (Wildman–Crippen MR) is 77.1 cm³/mol. The second-order valence-corrected chi connectivity index (χ2v) is 7.19. The first kappa shape index (κ1) is 13.2. The third kappa shape index (κ3) is 2.07. The zero-order valence-electron chi connectivity index (χ0n) is 12.3. The molecule has 112 valence electrons. The van der Waals surface area contributed by atoms with Crippen LogP contribution in [0.25, 0.3) is 0 Å². The van der Waals surface area contributed by atoms with Gasteiger partial charge < -0.3 is 4.90 Å².